The highest BCUT2D eigenvalue weighted by Crippen LogP contribution is 2.34. The van der Waals surface area contributed by atoms with Crippen LogP contribution >= 0.6 is 0 Å². The first-order valence-electron chi connectivity index (χ1n) is 10.1. The number of allylic oxidation sites excluding steroid dienone is 1. The molecular weight excluding hydrogens is 328 g/mol. The molecule has 0 fully saturated rings. The van der Waals surface area contributed by atoms with Crippen molar-refractivity contribution in [2.75, 3.05) is 0 Å². The van der Waals surface area contributed by atoms with Gasteiger partial charge in [0.05, 0.1) is 5.69 Å². The van der Waals surface area contributed by atoms with E-state index < -0.39 is 0 Å². The van der Waals surface area contributed by atoms with E-state index in [1.54, 1.807) is 0 Å². The number of hydrogen-bond acceptors (Lipinski definition) is 2. The van der Waals surface area contributed by atoms with Gasteiger partial charge in [-0.05, 0) is 53.7 Å². The highest BCUT2D eigenvalue weighted by Gasteiger charge is 2.24. The maximum atomic E-state index is 4.35. The molecule has 2 heteroatoms. The highest BCUT2D eigenvalue weighted by molar-refractivity contribution is 5.41. The summed E-state index contributed by atoms with van der Waals surface area (Å²) in [7, 11) is 0. The lowest BCUT2D eigenvalue weighted by atomic mass is 9.76. The Hall–Kier alpha value is -2.22. The Balaban J connectivity index is 0.00000176. The summed E-state index contributed by atoms with van der Waals surface area (Å²) in [5.74, 6) is 0.535. The fourth-order valence-corrected chi connectivity index (χ4v) is 2.92. The van der Waals surface area contributed by atoms with E-state index in [-0.39, 0.29) is 5.41 Å². The van der Waals surface area contributed by atoms with Gasteiger partial charge in [-0.3, -0.25) is 0 Å². The summed E-state index contributed by atoms with van der Waals surface area (Å²) < 4.78 is 0. The van der Waals surface area contributed by atoms with Gasteiger partial charge < -0.3 is 0 Å². The molecule has 0 aliphatic carbocycles. The molecule has 0 aliphatic heterocycles. The summed E-state index contributed by atoms with van der Waals surface area (Å²) >= 11 is 0. The van der Waals surface area contributed by atoms with Crippen molar-refractivity contribution in [1.29, 1.82) is 0 Å². The quantitative estimate of drug-likeness (QED) is 0.460. The van der Waals surface area contributed by atoms with Gasteiger partial charge in [0.2, 0.25) is 0 Å². The standard InChI is InChI=1S/C23H30N2.C2H6/c1-7-19-10-8-9-11-22(19)23(5,6)18(4)16-24-25-21-14-12-20(13-15-21)17(2)3;1-2/h8-17H,7H2,1-6H3;1-2H3/b18-16-,25-24?;. The molecule has 2 aromatic carbocycles. The molecule has 0 saturated carbocycles. The van der Waals surface area contributed by atoms with Crippen LogP contribution < -0.4 is 0 Å². The largest absolute Gasteiger partial charge is 0.159 e. The topological polar surface area (TPSA) is 24.7 Å². The van der Waals surface area contributed by atoms with Crippen LogP contribution in [0.4, 0.5) is 5.69 Å². The van der Waals surface area contributed by atoms with E-state index in [1.807, 2.05) is 32.2 Å². The Kier molecular flexibility index (Phi) is 9.14. The lowest BCUT2D eigenvalue weighted by Gasteiger charge is -2.28. The normalized spacial score (nSPS) is 12.3. The molecule has 0 N–H and O–H groups in total. The van der Waals surface area contributed by atoms with Crippen molar-refractivity contribution in [3.63, 3.8) is 0 Å². The third-order valence-electron chi connectivity index (χ3n) is 5.04. The summed E-state index contributed by atoms with van der Waals surface area (Å²) in [4.78, 5) is 0. The van der Waals surface area contributed by atoms with Crippen molar-refractivity contribution in [2.45, 2.75) is 73.1 Å². The smallest absolute Gasteiger partial charge is 0.0857 e. The van der Waals surface area contributed by atoms with Crippen molar-refractivity contribution < 1.29 is 0 Å². The van der Waals surface area contributed by atoms with Crippen LogP contribution in [0.15, 0.2) is 70.5 Å². The van der Waals surface area contributed by atoms with Gasteiger partial charge >= 0.3 is 0 Å². The zero-order valence-corrected chi connectivity index (χ0v) is 18.4. The van der Waals surface area contributed by atoms with Crippen LogP contribution in [0.1, 0.15) is 78.0 Å². The van der Waals surface area contributed by atoms with Crippen LogP contribution in [-0.4, -0.2) is 0 Å². The molecule has 0 atom stereocenters. The van der Waals surface area contributed by atoms with Gasteiger partial charge in [-0.1, -0.05) is 84.9 Å². The first-order chi connectivity index (χ1) is 12.9. The van der Waals surface area contributed by atoms with Crippen molar-refractivity contribution in [2.24, 2.45) is 10.2 Å². The minimum atomic E-state index is -0.0624. The van der Waals surface area contributed by atoms with Crippen molar-refractivity contribution in [3.05, 3.63) is 77.0 Å². The molecule has 146 valence electrons. The highest BCUT2D eigenvalue weighted by atomic mass is 15.1. The molecule has 0 spiro atoms. The molecule has 0 aliphatic rings. The lowest BCUT2D eigenvalue weighted by Crippen LogP contribution is -2.20. The van der Waals surface area contributed by atoms with Gasteiger partial charge in [0.1, 0.15) is 0 Å². The second-order valence-corrected chi connectivity index (χ2v) is 7.41. The van der Waals surface area contributed by atoms with Crippen molar-refractivity contribution >= 4 is 5.69 Å². The molecule has 27 heavy (non-hydrogen) atoms. The molecule has 0 amide bonds. The molecule has 2 nitrogen and oxygen atoms in total. The van der Waals surface area contributed by atoms with Crippen molar-refractivity contribution in [3.8, 4) is 0 Å². The molecule has 2 aromatic rings. The summed E-state index contributed by atoms with van der Waals surface area (Å²) in [6.45, 7) is 17.2. The molecule has 0 unspecified atom stereocenters. The van der Waals surface area contributed by atoms with E-state index in [4.69, 9.17) is 0 Å². The molecule has 0 saturated heterocycles. The molecule has 0 radical (unpaired) electrons. The van der Waals surface area contributed by atoms with Crippen LogP contribution in [-0.2, 0) is 11.8 Å². The zero-order chi connectivity index (χ0) is 20.4. The molecule has 0 bridgehead atoms. The first-order valence-corrected chi connectivity index (χ1v) is 10.1. The predicted octanol–water partition coefficient (Wildman–Crippen LogP) is 8.36. The molecule has 0 aromatic heterocycles. The molecular formula is C25H36N2. The minimum Gasteiger partial charge on any atom is -0.159 e. The average Bonchev–Trinajstić information content (AvgIpc) is 2.69. The van der Waals surface area contributed by atoms with Gasteiger partial charge in [-0.25, -0.2) is 0 Å². The van der Waals surface area contributed by atoms with E-state index in [0.717, 1.165) is 12.1 Å². The van der Waals surface area contributed by atoms with Gasteiger partial charge in [0.25, 0.3) is 0 Å². The summed E-state index contributed by atoms with van der Waals surface area (Å²) in [6, 6.07) is 17.0. The van der Waals surface area contributed by atoms with Crippen molar-refractivity contribution in [1.82, 2.24) is 0 Å². The van der Waals surface area contributed by atoms with E-state index >= 15 is 0 Å². The Labute approximate surface area is 166 Å². The fourth-order valence-electron chi connectivity index (χ4n) is 2.92. The second-order valence-electron chi connectivity index (χ2n) is 7.41. The SMILES string of the molecule is CC.CCc1ccccc1C(C)(C)/C(C)=C\N=Nc1ccc(C(C)C)cc1. The van der Waals surface area contributed by atoms with E-state index in [0.29, 0.717) is 5.92 Å². The summed E-state index contributed by atoms with van der Waals surface area (Å²) in [5.41, 5.74) is 6.11. The first kappa shape index (κ1) is 22.8. The molecule has 2 rings (SSSR count). The number of rotatable bonds is 6. The Morgan fingerprint density at radius 1 is 1.00 bits per heavy atom. The van der Waals surface area contributed by atoms with Crippen LogP contribution in [0.5, 0.6) is 0 Å². The minimum absolute atomic E-state index is 0.0624. The van der Waals surface area contributed by atoms with Crippen LogP contribution in [0.3, 0.4) is 0 Å². The monoisotopic (exact) mass is 364 g/mol. The second kappa shape index (κ2) is 10.8. The Bertz CT molecular complexity index is 750. The number of benzene rings is 2. The number of aryl methyl sites for hydroxylation is 1. The van der Waals surface area contributed by atoms with Crippen LogP contribution in [0.2, 0.25) is 0 Å². The van der Waals surface area contributed by atoms with E-state index in [1.165, 1.54) is 22.3 Å². The zero-order valence-electron chi connectivity index (χ0n) is 18.4. The van der Waals surface area contributed by atoms with Gasteiger partial charge in [0, 0.05) is 11.6 Å². The predicted molar refractivity (Wildman–Crippen MR) is 119 cm³/mol. The van der Waals surface area contributed by atoms with Crippen LogP contribution in [0, 0.1) is 0 Å². The fraction of sp³-hybridized carbons (Fsp3) is 0.440. The maximum absolute atomic E-state index is 4.35. The number of hydrogen-bond donors (Lipinski definition) is 0. The lowest BCUT2D eigenvalue weighted by molar-refractivity contribution is 0.613. The Morgan fingerprint density at radius 3 is 2.15 bits per heavy atom. The maximum Gasteiger partial charge on any atom is 0.0857 e. The summed E-state index contributed by atoms with van der Waals surface area (Å²) in [5, 5.41) is 8.67. The summed E-state index contributed by atoms with van der Waals surface area (Å²) in [6.07, 6.45) is 2.93. The van der Waals surface area contributed by atoms with E-state index in [2.05, 4.69) is 88.2 Å². The third-order valence-corrected chi connectivity index (χ3v) is 5.04. The number of azo groups is 1. The van der Waals surface area contributed by atoms with Gasteiger partial charge in [-0.15, -0.1) is 0 Å². The van der Waals surface area contributed by atoms with Crippen LogP contribution in [0.25, 0.3) is 0 Å². The molecule has 0 heterocycles. The number of nitrogens with zero attached hydrogens (tertiary/aromatic N) is 2. The van der Waals surface area contributed by atoms with Gasteiger partial charge in [0.15, 0.2) is 0 Å². The Morgan fingerprint density at radius 2 is 1.59 bits per heavy atom. The van der Waals surface area contributed by atoms with Gasteiger partial charge in [-0.2, -0.15) is 10.2 Å². The third kappa shape index (κ3) is 6.16. The average molecular weight is 365 g/mol. The van der Waals surface area contributed by atoms with E-state index in [9.17, 15) is 0 Å².